The molecule has 0 fully saturated rings. The Morgan fingerprint density at radius 1 is 1.05 bits per heavy atom. The van der Waals surface area contributed by atoms with Crippen molar-refractivity contribution in [2.24, 2.45) is 0 Å². The lowest BCUT2D eigenvalue weighted by Crippen LogP contribution is -2.06. The van der Waals surface area contributed by atoms with E-state index in [0.717, 1.165) is 0 Å². The van der Waals surface area contributed by atoms with Gasteiger partial charge in [-0.2, -0.15) is 0 Å². The molecule has 19 heavy (non-hydrogen) atoms. The molecule has 0 aliphatic rings. The van der Waals surface area contributed by atoms with Crippen LogP contribution in [-0.2, 0) is 0 Å². The highest BCUT2D eigenvalue weighted by Gasteiger charge is 2.14. The monoisotopic (exact) mass is 316 g/mol. The number of hydrogen-bond donors (Lipinski definition) is 0. The Balaban J connectivity index is 4.54. The van der Waals surface area contributed by atoms with Crippen LogP contribution in [0.2, 0.25) is 0 Å². The summed E-state index contributed by atoms with van der Waals surface area (Å²) in [4.78, 5) is 0. The van der Waals surface area contributed by atoms with Crippen LogP contribution in [0.25, 0.3) is 0 Å². The summed E-state index contributed by atoms with van der Waals surface area (Å²) < 4.78 is 1.82. The quantitative estimate of drug-likeness (QED) is 0.426. The molecule has 0 amide bonds. The molecule has 0 spiro atoms. The molecule has 0 N–H and O–H groups in total. The van der Waals surface area contributed by atoms with E-state index < -0.39 is 0 Å². The minimum atomic E-state index is 0.216. The van der Waals surface area contributed by atoms with Crippen molar-refractivity contribution >= 4 is 35.3 Å². The molecular weight excluding hydrogens is 288 g/mol. The predicted octanol–water partition coefficient (Wildman–Crippen LogP) is 6.39. The SMILES string of the molecule is CCCCS/C(=C\C#CSC(C)(C)C)SC(C)(C)C. The standard InChI is InChI=1S/C16H28S3/c1-8-9-12-17-14(19-16(5,6)7)11-10-13-18-15(2,3)4/h11H,8-9,12H2,1-7H3/b14-11+. The fraction of sp³-hybridized carbons (Fsp3) is 0.750. The third kappa shape index (κ3) is 14.6. The summed E-state index contributed by atoms with van der Waals surface area (Å²) in [7, 11) is 0. The summed E-state index contributed by atoms with van der Waals surface area (Å²) in [6.07, 6.45) is 4.62. The third-order valence-electron chi connectivity index (χ3n) is 1.76. The molecule has 0 unspecified atom stereocenters. The number of unbranched alkanes of at least 4 members (excludes halogenated alkanes) is 1. The van der Waals surface area contributed by atoms with E-state index >= 15 is 0 Å². The summed E-state index contributed by atoms with van der Waals surface area (Å²) in [6, 6.07) is 0. The van der Waals surface area contributed by atoms with Crippen LogP contribution >= 0.6 is 35.3 Å². The van der Waals surface area contributed by atoms with Crippen molar-refractivity contribution in [1.82, 2.24) is 0 Å². The second kappa shape index (κ2) is 9.32. The van der Waals surface area contributed by atoms with Crippen LogP contribution in [0, 0.1) is 11.2 Å². The van der Waals surface area contributed by atoms with Gasteiger partial charge in [0.15, 0.2) is 0 Å². The molecule has 0 atom stereocenters. The molecule has 0 nitrogen and oxygen atoms in total. The number of hydrogen-bond acceptors (Lipinski definition) is 3. The van der Waals surface area contributed by atoms with Crippen LogP contribution in [0.1, 0.15) is 61.3 Å². The van der Waals surface area contributed by atoms with E-state index in [1.165, 1.54) is 22.8 Å². The Kier molecular flexibility index (Phi) is 9.49. The first-order chi connectivity index (χ1) is 8.64. The first-order valence-corrected chi connectivity index (χ1v) is 9.46. The van der Waals surface area contributed by atoms with Crippen molar-refractivity contribution in [2.75, 3.05) is 5.75 Å². The van der Waals surface area contributed by atoms with Crippen molar-refractivity contribution in [1.29, 1.82) is 0 Å². The van der Waals surface area contributed by atoms with Crippen LogP contribution in [-0.4, -0.2) is 15.2 Å². The van der Waals surface area contributed by atoms with Gasteiger partial charge in [-0.1, -0.05) is 72.6 Å². The molecule has 0 saturated heterocycles. The van der Waals surface area contributed by atoms with E-state index in [1.807, 2.05) is 23.5 Å². The van der Waals surface area contributed by atoms with Gasteiger partial charge in [-0.15, -0.1) is 23.5 Å². The summed E-state index contributed by atoms with van der Waals surface area (Å²) in [5, 5.41) is 3.20. The van der Waals surface area contributed by atoms with Crippen LogP contribution < -0.4 is 0 Å². The summed E-state index contributed by atoms with van der Waals surface area (Å²) in [5.74, 6) is 4.39. The van der Waals surface area contributed by atoms with Gasteiger partial charge in [-0.3, -0.25) is 0 Å². The zero-order valence-corrected chi connectivity index (χ0v) is 15.9. The molecular formula is C16H28S3. The maximum absolute atomic E-state index is 3.20. The van der Waals surface area contributed by atoms with Gasteiger partial charge in [-0.05, 0) is 17.4 Å². The molecule has 0 aliphatic heterocycles. The molecule has 0 aromatic heterocycles. The molecule has 0 bridgehead atoms. The molecule has 0 radical (unpaired) electrons. The number of thioether (sulfide) groups is 3. The van der Waals surface area contributed by atoms with Crippen molar-refractivity contribution in [2.45, 2.75) is 70.8 Å². The lowest BCUT2D eigenvalue weighted by molar-refractivity contribution is 0.807. The first-order valence-electron chi connectivity index (χ1n) is 6.84. The van der Waals surface area contributed by atoms with Gasteiger partial charge >= 0.3 is 0 Å². The Labute approximate surface area is 133 Å². The second-order valence-electron chi connectivity index (χ2n) is 6.34. The summed E-state index contributed by atoms with van der Waals surface area (Å²) in [6.45, 7) is 15.6. The summed E-state index contributed by atoms with van der Waals surface area (Å²) >= 11 is 5.56. The molecule has 0 aromatic rings. The predicted molar refractivity (Wildman–Crippen MR) is 97.9 cm³/mol. The fourth-order valence-electron chi connectivity index (χ4n) is 0.990. The largest absolute Gasteiger partial charge is 0.119 e. The molecule has 0 heterocycles. The average Bonchev–Trinajstić information content (AvgIpc) is 2.21. The summed E-state index contributed by atoms with van der Waals surface area (Å²) in [5.41, 5.74) is 0. The third-order valence-corrected chi connectivity index (χ3v) is 5.02. The van der Waals surface area contributed by atoms with Gasteiger partial charge in [0.2, 0.25) is 0 Å². The molecule has 0 aliphatic carbocycles. The average molecular weight is 317 g/mol. The van der Waals surface area contributed by atoms with E-state index in [0.29, 0.717) is 0 Å². The van der Waals surface area contributed by atoms with Crippen LogP contribution in [0.5, 0.6) is 0 Å². The van der Waals surface area contributed by atoms with Crippen LogP contribution in [0.3, 0.4) is 0 Å². The lowest BCUT2D eigenvalue weighted by Gasteiger charge is -2.19. The Hall–Kier alpha value is 0.350. The maximum Gasteiger partial charge on any atom is 0.0490 e. The molecule has 0 aromatic carbocycles. The Morgan fingerprint density at radius 2 is 1.68 bits per heavy atom. The fourth-order valence-corrected chi connectivity index (χ4v) is 4.15. The van der Waals surface area contributed by atoms with E-state index in [9.17, 15) is 0 Å². The highest BCUT2D eigenvalue weighted by molar-refractivity contribution is 8.22. The normalized spacial score (nSPS) is 13.1. The van der Waals surface area contributed by atoms with Gasteiger partial charge in [0.25, 0.3) is 0 Å². The van der Waals surface area contributed by atoms with E-state index in [1.54, 1.807) is 11.8 Å². The highest BCUT2D eigenvalue weighted by Crippen LogP contribution is 2.38. The zero-order chi connectivity index (χ0) is 14.9. The second-order valence-corrected chi connectivity index (χ2v) is 11.2. The van der Waals surface area contributed by atoms with Gasteiger partial charge in [0, 0.05) is 19.8 Å². The minimum Gasteiger partial charge on any atom is -0.119 e. The first kappa shape index (κ1) is 19.4. The van der Waals surface area contributed by atoms with E-state index in [4.69, 9.17) is 0 Å². The van der Waals surface area contributed by atoms with Crippen molar-refractivity contribution in [3.8, 4) is 11.2 Å². The van der Waals surface area contributed by atoms with E-state index in [-0.39, 0.29) is 9.49 Å². The minimum absolute atomic E-state index is 0.216. The van der Waals surface area contributed by atoms with Gasteiger partial charge in [0.05, 0.1) is 0 Å². The van der Waals surface area contributed by atoms with E-state index in [2.05, 4.69) is 65.7 Å². The van der Waals surface area contributed by atoms with Crippen molar-refractivity contribution < 1.29 is 0 Å². The number of allylic oxidation sites excluding steroid dienone is 1. The zero-order valence-electron chi connectivity index (χ0n) is 13.4. The lowest BCUT2D eigenvalue weighted by atomic mass is 10.3. The highest BCUT2D eigenvalue weighted by atomic mass is 32.2. The Morgan fingerprint density at radius 3 is 2.16 bits per heavy atom. The molecule has 110 valence electrons. The smallest absolute Gasteiger partial charge is 0.0490 e. The topological polar surface area (TPSA) is 0 Å². The Bertz CT molecular complexity index is 332. The molecule has 3 heteroatoms. The van der Waals surface area contributed by atoms with Gasteiger partial charge < -0.3 is 0 Å². The maximum atomic E-state index is 3.20. The number of rotatable bonds is 5. The molecule has 0 rings (SSSR count). The van der Waals surface area contributed by atoms with Crippen molar-refractivity contribution in [3.63, 3.8) is 0 Å². The van der Waals surface area contributed by atoms with Gasteiger partial charge in [0.1, 0.15) is 0 Å². The molecule has 0 saturated carbocycles. The van der Waals surface area contributed by atoms with Crippen molar-refractivity contribution in [3.05, 3.63) is 10.3 Å². The van der Waals surface area contributed by atoms with Crippen LogP contribution in [0.4, 0.5) is 0 Å². The van der Waals surface area contributed by atoms with Gasteiger partial charge in [-0.25, -0.2) is 0 Å². The van der Waals surface area contributed by atoms with Crippen LogP contribution in [0.15, 0.2) is 10.3 Å².